The third-order valence-corrected chi connectivity index (χ3v) is 3.88. The van der Waals surface area contributed by atoms with Gasteiger partial charge in [-0.05, 0) is 44.0 Å². The number of amides is 1. The van der Waals surface area contributed by atoms with E-state index in [-0.39, 0.29) is 18.2 Å². The molecule has 1 saturated heterocycles. The zero-order valence-corrected chi connectivity index (χ0v) is 12.1. The molecule has 2 rings (SSSR count). The highest BCUT2D eigenvalue weighted by Gasteiger charge is 2.21. The molecule has 1 aromatic rings. The lowest BCUT2D eigenvalue weighted by Crippen LogP contribution is -2.36. The van der Waals surface area contributed by atoms with Crippen molar-refractivity contribution in [2.75, 3.05) is 25.0 Å². The van der Waals surface area contributed by atoms with Gasteiger partial charge in [0.1, 0.15) is 0 Å². The maximum atomic E-state index is 11.8. The lowest BCUT2D eigenvalue weighted by molar-refractivity contribution is -0.138. The maximum absolute atomic E-state index is 11.8. The van der Waals surface area contributed by atoms with E-state index in [1.807, 2.05) is 30.3 Å². The summed E-state index contributed by atoms with van der Waals surface area (Å²) in [6.07, 6.45) is 2.56. The number of nitrogens with one attached hydrogen (secondary N) is 1. The van der Waals surface area contributed by atoms with Gasteiger partial charge < -0.3 is 15.3 Å². The molecule has 1 fully saturated rings. The Bertz CT molecular complexity index is 468. The van der Waals surface area contributed by atoms with Crippen molar-refractivity contribution in [3.63, 3.8) is 0 Å². The Kier molecular flexibility index (Phi) is 5.75. The van der Waals surface area contributed by atoms with Crippen molar-refractivity contribution in [3.05, 3.63) is 30.3 Å². The first kappa shape index (κ1) is 15.5. The summed E-state index contributed by atoms with van der Waals surface area (Å²) in [5.74, 6) is -0.401. The van der Waals surface area contributed by atoms with Crippen LogP contribution in [-0.4, -0.2) is 41.5 Å². The standard InChI is InChI=1S/C16H22N2O3/c19-15(17-14-4-2-1-3-5-14)8-11-18-9-6-13(7-10-18)12-16(20)21/h1-5,13H,6-12H2,(H,17,19)(H,20,21). The number of nitrogens with zero attached hydrogens (tertiary/aromatic N) is 1. The summed E-state index contributed by atoms with van der Waals surface area (Å²) in [7, 11) is 0. The van der Waals surface area contributed by atoms with Crippen molar-refractivity contribution in [1.29, 1.82) is 0 Å². The van der Waals surface area contributed by atoms with Crippen molar-refractivity contribution in [2.45, 2.75) is 25.7 Å². The number of carboxylic acid groups (broad SMARTS) is 1. The average molecular weight is 290 g/mol. The molecule has 0 atom stereocenters. The number of aliphatic carboxylic acids is 1. The summed E-state index contributed by atoms with van der Waals surface area (Å²) in [5, 5.41) is 11.7. The quantitative estimate of drug-likeness (QED) is 0.842. The van der Waals surface area contributed by atoms with E-state index < -0.39 is 5.97 Å². The summed E-state index contributed by atoms with van der Waals surface area (Å²) in [5.41, 5.74) is 0.822. The van der Waals surface area contributed by atoms with E-state index in [2.05, 4.69) is 10.2 Å². The van der Waals surface area contributed by atoms with Gasteiger partial charge in [0.25, 0.3) is 0 Å². The van der Waals surface area contributed by atoms with Gasteiger partial charge in [0.05, 0.1) is 0 Å². The van der Waals surface area contributed by atoms with Crippen molar-refractivity contribution < 1.29 is 14.7 Å². The fraction of sp³-hybridized carbons (Fsp3) is 0.500. The zero-order valence-electron chi connectivity index (χ0n) is 12.1. The normalized spacial score (nSPS) is 16.6. The van der Waals surface area contributed by atoms with Crippen LogP contribution in [0.15, 0.2) is 30.3 Å². The molecule has 5 nitrogen and oxygen atoms in total. The number of likely N-dealkylation sites (tertiary alicyclic amines) is 1. The van der Waals surface area contributed by atoms with Gasteiger partial charge in [0.2, 0.25) is 5.91 Å². The Hall–Kier alpha value is -1.88. The molecule has 1 amide bonds. The van der Waals surface area contributed by atoms with Crippen LogP contribution >= 0.6 is 0 Å². The number of para-hydroxylation sites is 1. The van der Waals surface area contributed by atoms with Crippen LogP contribution in [0.2, 0.25) is 0 Å². The minimum Gasteiger partial charge on any atom is -0.481 e. The molecule has 0 bridgehead atoms. The minimum atomic E-state index is -0.712. The molecule has 0 aliphatic carbocycles. The van der Waals surface area contributed by atoms with Gasteiger partial charge in [-0.25, -0.2) is 0 Å². The fourth-order valence-electron chi connectivity index (χ4n) is 2.67. The topological polar surface area (TPSA) is 69.6 Å². The van der Waals surface area contributed by atoms with Crippen LogP contribution in [0.25, 0.3) is 0 Å². The first-order valence-electron chi connectivity index (χ1n) is 7.42. The van der Waals surface area contributed by atoms with E-state index >= 15 is 0 Å². The molecule has 0 saturated carbocycles. The number of carbonyl (C=O) groups is 2. The molecule has 1 aromatic carbocycles. The summed E-state index contributed by atoms with van der Waals surface area (Å²) < 4.78 is 0. The van der Waals surface area contributed by atoms with Gasteiger partial charge in [-0.15, -0.1) is 0 Å². The summed E-state index contributed by atoms with van der Waals surface area (Å²) in [6.45, 7) is 2.51. The summed E-state index contributed by atoms with van der Waals surface area (Å²) in [6, 6.07) is 9.44. The number of hydrogen-bond acceptors (Lipinski definition) is 3. The lowest BCUT2D eigenvalue weighted by Gasteiger charge is -2.31. The number of benzene rings is 1. The second kappa shape index (κ2) is 7.78. The Morgan fingerprint density at radius 2 is 1.86 bits per heavy atom. The van der Waals surface area contributed by atoms with Crippen LogP contribution in [0.1, 0.15) is 25.7 Å². The van der Waals surface area contributed by atoms with Crippen molar-refractivity contribution in [3.8, 4) is 0 Å². The first-order chi connectivity index (χ1) is 10.1. The Morgan fingerprint density at radius 1 is 1.19 bits per heavy atom. The molecule has 1 aliphatic rings. The average Bonchev–Trinajstić information content (AvgIpc) is 2.47. The molecular formula is C16H22N2O3. The van der Waals surface area contributed by atoms with E-state index in [0.717, 1.165) is 38.2 Å². The molecule has 0 spiro atoms. The van der Waals surface area contributed by atoms with Crippen LogP contribution in [-0.2, 0) is 9.59 Å². The van der Waals surface area contributed by atoms with Gasteiger partial charge in [-0.2, -0.15) is 0 Å². The number of carboxylic acids is 1. The highest BCUT2D eigenvalue weighted by Crippen LogP contribution is 2.20. The van der Waals surface area contributed by atoms with Crippen molar-refractivity contribution in [1.82, 2.24) is 4.90 Å². The van der Waals surface area contributed by atoms with E-state index in [1.54, 1.807) is 0 Å². The van der Waals surface area contributed by atoms with Crippen LogP contribution in [0.3, 0.4) is 0 Å². The van der Waals surface area contributed by atoms with E-state index in [4.69, 9.17) is 5.11 Å². The third kappa shape index (κ3) is 5.55. The number of piperidine rings is 1. The molecule has 1 heterocycles. The smallest absolute Gasteiger partial charge is 0.303 e. The first-order valence-corrected chi connectivity index (χ1v) is 7.42. The predicted octanol–water partition coefficient (Wildman–Crippen LogP) is 2.20. The number of rotatable bonds is 6. The van der Waals surface area contributed by atoms with Crippen LogP contribution < -0.4 is 5.32 Å². The SMILES string of the molecule is O=C(O)CC1CCN(CCC(=O)Nc2ccccc2)CC1. The van der Waals surface area contributed by atoms with E-state index in [9.17, 15) is 9.59 Å². The van der Waals surface area contributed by atoms with Gasteiger partial charge >= 0.3 is 5.97 Å². The third-order valence-electron chi connectivity index (χ3n) is 3.88. The van der Waals surface area contributed by atoms with Crippen LogP contribution in [0, 0.1) is 5.92 Å². The zero-order chi connectivity index (χ0) is 15.1. The molecule has 114 valence electrons. The second-order valence-electron chi connectivity index (χ2n) is 5.55. The highest BCUT2D eigenvalue weighted by atomic mass is 16.4. The molecule has 0 radical (unpaired) electrons. The lowest BCUT2D eigenvalue weighted by atomic mass is 9.93. The predicted molar refractivity (Wildman–Crippen MR) is 81.1 cm³/mol. The molecular weight excluding hydrogens is 268 g/mol. The van der Waals surface area contributed by atoms with Gasteiger partial charge in [0.15, 0.2) is 0 Å². The molecule has 5 heteroatoms. The largest absolute Gasteiger partial charge is 0.481 e. The highest BCUT2D eigenvalue weighted by molar-refractivity contribution is 5.90. The monoisotopic (exact) mass is 290 g/mol. The molecule has 0 unspecified atom stereocenters. The fourth-order valence-corrected chi connectivity index (χ4v) is 2.67. The van der Waals surface area contributed by atoms with Crippen LogP contribution in [0.4, 0.5) is 5.69 Å². The van der Waals surface area contributed by atoms with Crippen molar-refractivity contribution >= 4 is 17.6 Å². The molecule has 21 heavy (non-hydrogen) atoms. The van der Waals surface area contributed by atoms with Crippen molar-refractivity contribution in [2.24, 2.45) is 5.92 Å². The molecule has 0 aromatic heterocycles. The van der Waals surface area contributed by atoms with Gasteiger partial charge in [-0.3, -0.25) is 9.59 Å². The Balaban J connectivity index is 1.65. The summed E-state index contributed by atoms with van der Waals surface area (Å²) in [4.78, 5) is 24.8. The van der Waals surface area contributed by atoms with Gasteiger partial charge in [-0.1, -0.05) is 18.2 Å². The van der Waals surface area contributed by atoms with Gasteiger partial charge in [0, 0.05) is 25.1 Å². The summed E-state index contributed by atoms with van der Waals surface area (Å²) >= 11 is 0. The number of carbonyl (C=O) groups excluding carboxylic acids is 1. The number of hydrogen-bond donors (Lipinski definition) is 2. The maximum Gasteiger partial charge on any atom is 0.303 e. The molecule has 1 aliphatic heterocycles. The minimum absolute atomic E-state index is 0.0221. The van der Waals surface area contributed by atoms with E-state index in [0.29, 0.717) is 6.42 Å². The second-order valence-corrected chi connectivity index (χ2v) is 5.55. The molecule has 2 N–H and O–H groups in total. The van der Waals surface area contributed by atoms with Crippen LogP contribution in [0.5, 0.6) is 0 Å². The Labute approximate surface area is 125 Å². The van der Waals surface area contributed by atoms with E-state index in [1.165, 1.54) is 0 Å². The Morgan fingerprint density at radius 3 is 2.48 bits per heavy atom. The number of anilines is 1.